The van der Waals surface area contributed by atoms with Crippen molar-refractivity contribution in [3.05, 3.63) is 127 Å². The number of hydrogen-bond donors (Lipinski definition) is 0. The number of fused-ring (bicyclic) bond motifs is 7. The number of para-hydroxylation sites is 3. The fourth-order valence-electron chi connectivity index (χ4n) is 5.94. The lowest BCUT2D eigenvalue weighted by molar-refractivity contribution is 0.477. The molecule has 8 rings (SSSR count). The number of anilines is 3. The number of benzene rings is 6. The van der Waals surface area contributed by atoms with E-state index in [0.717, 1.165) is 34.1 Å². The summed E-state index contributed by atoms with van der Waals surface area (Å²) < 4.78 is 8.76. The number of aryl methyl sites for hydroxylation is 1. The first-order valence-electron chi connectivity index (χ1n) is 12.9. The van der Waals surface area contributed by atoms with Crippen LogP contribution in [0.3, 0.4) is 0 Å². The number of aromatic nitrogens is 1. The van der Waals surface area contributed by atoms with Crippen molar-refractivity contribution in [2.24, 2.45) is 7.05 Å². The van der Waals surface area contributed by atoms with Crippen LogP contribution in [-0.2, 0) is 7.05 Å². The molecule has 38 heavy (non-hydrogen) atoms. The fraction of sp³-hybridized carbons (Fsp3) is 0.0286. The van der Waals surface area contributed by atoms with E-state index in [9.17, 15) is 0 Å². The Labute approximate surface area is 220 Å². The second kappa shape index (κ2) is 7.99. The van der Waals surface area contributed by atoms with Gasteiger partial charge in [0.2, 0.25) is 0 Å². The number of hydrogen-bond acceptors (Lipinski definition) is 2. The highest BCUT2D eigenvalue weighted by atomic mass is 16.5. The van der Waals surface area contributed by atoms with E-state index in [-0.39, 0.29) is 0 Å². The predicted molar refractivity (Wildman–Crippen MR) is 158 cm³/mol. The van der Waals surface area contributed by atoms with Gasteiger partial charge in [-0.25, -0.2) is 0 Å². The molecule has 1 aliphatic heterocycles. The molecule has 3 nitrogen and oxygen atoms in total. The highest BCUT2D eigenvalue weighted by Gasteiger charge is 2.26. The molecule has 0 aliphatic carbocycles. The average Bonchev–Trinajstić information content (AvgIpc) is 3.27. The molecule has 0 radical (unpaired) electrons. The zero-order valence-corrected chi connectivity index (χ0v) is 20.9. The fourth-order valence-corrected chi connectivity index (χ4v) is 5.94. The van der Waals surface area contributed by atoms with Crippen molar-refractivity contribution in [3.8, 4) is 22.6 Å². The molecule has 0 N–H and O–H groups in total. The standard InChI is InChI=1S/C35H24N2O/c1-36-31-20-16-23-9-5-6-12-27(23)35(31)28-18-15-24(21-32(28)36)25-17-19-30-34(22-25)38-33-14-8-7-13-29(33)37(30)26-10-3-2-4-11-26/h2-22H,1H3. The van der Waals surface area contributed by atoms with E-state index >= 15 is 0 Å². The van der Waals surface area contributed by atoms with E-state index in [0.29, 0.717) is 0 Å². The maximum absolute atomic E-state index is 6.45. The summed E-state index contributed by atoms with van der Waals surface area (Å²) in [6.45, 7) is 0. The first kappa shape index (κ1) is 21.1. The van der Waals surface area contributed by atoms with Gasteiger partial charge in [-0.1, -0.05) is 78.9 Å². The minimum Gasteiger partial charge on any atom is -0.453 e. The highest BCUT2D eigenvalue weighted by molar-refractivity contribution is 6.21. The Bertz CT molecular complexity index is 2020. The summed E-state index contributed by atoms with van der Waals surface area (Å²) in [5, 5.41) is 5.16. The summed E-state index contributed by atoms with van der Waals surface area (Å²) in [6, 6.07) is 45.1. The van der Waals surface area contributed by atoms with Crippen LogP contribution >= 0.6 is 0 Å². The van der Waals surface area contributed by atoms with Crippen LogP contribution in [0, 0.1) is 0 Å². The Morgan fingerprint density at radius 3 is 2.18 bits per heavy atom. The van der Waals surface area contributed by atoms with Crippen molar-refractivity contribution in [3.63, 3.8) is 0 Å². The van der Waals surface area contributed by atoms with Gasteiger partial charge in [0.05, 0.1) is 11.4 Å². The molecule has 1 aromatic heterocycles. The van der Waals surface area contributed by atoms with E-state index in [4.69, 9.17) is 4.74 Å². The van der Waals surface area contributed by atoms with Gasteiger partial charge in [0.1, 0.15) is 0 Å². The molecular formula is C35H24N2O. The van der Waals surface area contributed by atoms with Gasteiger partial charge in [-0.2, -0.15) is 0 Å². The molecule has 0 amide bonds. The first-order valence-corrected chi connectivity index (χ1v) is 12.9. The Morgan fingerprint density at radius 2 is 1.26 bits per heavy atom. The van der Waals surface area contributed by atoms with Crippen LogP contribution in [0.15, 0.2) is 127 Å². The first-order chi connectivity index (χ1) is 18.8. The maximum Gasteiger partial charge on any atom is 0.152 e. The van der Waals surface area contributed by atoms with Crippen molar-refractivity contribution < 1.29 is 4.74 Å². The van der Waals surface area contributed by atoms with E-state index in [2.05, 4.69) is 126 Å². The molecule has 0 saturated heterocycles. The second-order valence-corrected chi connectivity index (χ2v) is 9.90. The molecule has 1 aliphatic rings. The zero-order chi connectivity index (χ0) is 25.2. The normalized spacial score (nSPS) is 12.5. The van der Waals surface area contributed by atoms with Gasteiger partial charge in [0, 0.05) is 34.5 Å². The SMILES string of the molecule is Cn1c2cc(-c3ccc4c(c3)Oc3ccccc3N4c3ccccc3)ccc2c2c3ccccc3ccc21. The molecule has 0 unspecified atom stereocenters. The third kappa shape index (κ3) is 3.02. The van der Waals surface area contributed by atoms with Crippen LogP contribution in [0.2, 0.25) is 0 Å². The smallest absolute Gasteiger partial charge is 0.152 e. The summed E-state index contributed by atoms with van der Waals surface area (Å²) in [5.74, 6) is 1.71. The predicted octanol–water partition coefficient (Wildman–Crippen LogP) is 9.73. The molecule has 0 fully saturated rings. The Morgan fingerprint density at radius 1 is 0.526 bits per heavy atom. The molecule has 3 heteroatoms. The largest absolute Gasteiger partial charge is 0.453 e. The maximum atomic E-state index is 6.45. The molecule has 0 spiro atoms. The lowest BCUT2D eigenvalue weighted by atomic mass is 10.00. The highest BCUT2D eigenvalue weighted by Crippen LogP contribution is 2.51. The van der Waals surface area contributed by atoms with Gasteiger partial charge in [-0.05, 0) is 70.4 Å². The third-order valence-electron chi connectivity index (χ3n) is 7.77. The quantitative estimate of drug-likeness (QED) is 0.241. The summed E-state index contributed by atoms with van der Waals surface area (Å²) >= 11 is 0. The van der Waals surface area contributed by atoms with Crippen molar-refractivity contribution in [2.75, 3.05) is 4.90 Å². The van der Waals surface area contributed by atoms with E-state index < -0.39 is 0 Å². The van der Waals surface area contributed by atoms with Crippen LogP contribution in [-0.4, -0.2) is 4.57 Å². The summed E-state index contributed by atoms with van der Waals surface area (Å²) in [5.41, 5.74) is 7.97. The molecule has 6 aromatic carbocycles. The van der Waals surface area contributed by atoms with Crippen LogP contribution in [0.5, 0.6) is 11.5 Å². The van der Waals surface area contributed by atoms with Crippen molar-refractivity contribution in [1.82, 2.24) is 4.57 Å². The number of nitrogens with zero attached hydrogens (tertiary/aromatic N) is 2. The molecule has 7 aromatic rings. The Kier molecular flexibility index (Phi) is 4.44. The van der Waals surface area contributed by atoms with E-state index in [1.165, 1.54) is 38.1 Å². The number of rotatable bonds is 2. The lowest BCUT2D eigenvalue weighted by Gasteiger charge is -2.33. The van der Waals surface area contributed by atoms with Crippen molar-refractivity contribution >= 4 is 49.6 Å². The van der Waals surface area contributed by atoms with Crippen LogP contribution in [0.25, 0.3) is 43.7 Å². The van der Waals surface area contributed by atoms with Crippen molar-refractivity contribution in [2.45, 2.75) is 0 Å². The average molecular weight is 489 g/mol. The van der Waals surface area contributed by atoms with Crippen LogP contribution < -0.4 is 9.64 Å². The van der Waals surface area contributed by atoms with Crippen molar-refractivity contribution in [1.29, 1.82) is 0 Å². The molecule has 180 valence electrons. The zero-order valence-electron chi connectivity index (χ0n) is 20.9. The molecule has 2 heterocycles. The van der Waals surface area contributed by atoms with Gasteiger partial charge in [0.25, 0.3) is 0 Å². The Hall–Kier alpha value is -5.02. The summed E-state index contributed by atoms with van der Waals surface area (Å²) in [7, 11) is 2.16. The molecule has 0 atom stereocenters. The minimum atomic E-state index is 0.855. The lowest BCUT2D eigenvalue weighted by Crippen LogP contribution is -2.15. The van der Waals surface area contributed by atoms with Gasteiger partial charge in [-0.3, -0.25) is 0 Å². The number of ether oxygens (including phenoxy) is 1. The molecule has 0 bridgehead atoms. The molecule has 0 saturated carbocycles. The Balaban J connectivity index is 1.29. The van der Waals surface area contributed by atoms with Gasteiger partial charge < -0.3 is 14.2 Å². The second-order valence-electron chi connectivity index (χ2n) is 9.90. The van der Waals surface area contributed by atoms with E-state index in [1.807, 2.05) is 18.2 Å². The summed E-state index contributed by atoms with van der Waals surface area (Å²) in [6.07, 6.45) is 0. The summed E-state index contributed by atoms with van der Waals surface area (Å²) in [4.78, 5) is 2.27. The van der Waals surface area contributed by atoms with Crippen LogP contribution in [0.1, 0.15) is 0 Å². The molecular weight excluding hydrogens is 464 g/mol. The third-order valence-corrected chi connectivity index (χ3v) is 7.77. The van der Waals surface area contributed by atoms with E-state index in [1.54, 1.807) is 0 Å². The van der Waals surface area contributed by atoms with Gasteiger partial charge in [-0.15, -0.1) is 0 Å². The van der Waals surface area contributed by atoms with Crippen LogP contribution in [0.4, 0.5) is 17.1 Å². The topological polar surface area (TPSA) is 17.4 Å². The van der Waals surface area contributed by atoms with Gasteiger partial charge >= 0.3 is 0 Å². The minimum absolute atomic E-state index is 0.855. The van der Waals surface area contributed by atoms with Gasteiger partial charge in [0.15, 0.2) is 11.5 Å². The monoisotopic (exact) mass is 488 g/mol.